The fraction of sp³-hybridized carbons (Fsp3) is 0.111. The van der Waals surface area contributed by atoms with Crippen LogP contribution < -0.4 is 4.74 Å². The predicted molar refractivity (Wildman–Crippen MR) is 133 cm³/mol. The van der Waals surface area contributed by atoms with Crippen molar-refractivity contribution >= 4 is 21.7 Å². The smallest absolute Gasteiger partial charge is 0.185 e. The number of nitrogens with zero attached hydrogens (tertiary/aromatic N) is 2. The summed E-state index contributed by atoms with van der Waals surface area (Å²) in [6.45, 7) is 0.604. The topological polar surface area (TPSA) is 78.3 Å². The van der Waals surface area contributed by atoms with Crippen molar-refractivity contribution in [1.82, 2.24) is 9.78 Å². The number of hydrogen-bond acceptors (Lipinski definition) is 5. The molecule has 7 heteroatoms. The van der Waals surface area contributed by atoms with Crippen LogP contribution in [0.1, 0.15) is 21.5 Å². The second kappa shape index (κ2) is 9.89. The number of rotatable bonds is 8. The zero-order valence-electron chi connectivity index (χ0n) is 18.9. The van der Waals surface area contributed by atoms with Gasteiger partial charge in [-0.1, -0.05) is 60.7 Å². The van der Waals surface area contributed by atoms with Gasteiger partial charge >= 0.3 is 0 Å². The van der Waals surface area contributed by atoms with Gasteiger partial charge in [0.25, 0.3) is 0 Å². The van der Waals surface area contributed by atoms with E-state index in [9.17, 15) is 13.2 Å². The molecule has 0 spiro atoms. The number of ether oxygens (including phenoxy) is 1. The minimum absolute atomic E-state index is 0.0454. The molecule has 34 heavy (non-hydrogen) atoms. The van der Waals surface area contributed by atoms with E-state index in [0.717, 1.165) is 28.6 Å². The second-order valence-electron chi connectivity index (χ2n) is 7.82. The molecule has 3 aromatic carbocycles. The SMILES string of the molecule is COc1cc(C(=O)/C=C/c2cn(Cc3ccccc3)nc2-c2ccccc2)ccc1S(C)(=O)=O. The standard InChI is InChI=1S/C27H24N2O4S/c1-33-25-17-22(14-16-26(25)34(2,31)32)24(30)15-13-23-19-29(18-20-9-5-3-6-10-20)28-27(23)21-11-7-4-8-12-21/h3-17,19H,18H2,1-2H3/b15-13+. The monoisotopic (exact) mass is 472 g/mol. The van der Waals surface area contributed by atoms with Gasteiger partial charge in [-0.15, -0.1) is 0 Å². The molecular formula is C27H24N2O4S. The summed E-state index contributed by atoms with van der Waals surface area (Å²) >= 11 is 0. The van der Waals surface area contributed by atoms with Gasteiger partial charge in [-0.3, -0.25) is 9.48 Å². The summed E-state index contributed by atoms with van der Waals surface area (Å²) in [7, 11) is -2.09. The van der Waals surface area contributed by atoms with Crippen molar-refractivity contribution in [2.75, 3.05) is 13.4 Å². The second-order valence-corrected chi connectivity index (χ2v) is 9.80. The molecular weight excluding hydrogens is 448 g/mol. The summed E-state index contributed by atoms with van der Waals surface area (Å²) in [6, 6.07) is 24.1. The Morgan fingerprint density at radius 1 is 1.00 bits per heavy atom. The highest BCUT2D eigenvalue weighted by atomic mass is 32.2. The van der Waals surface area contributed by atoms with Crippen molar-refractivity contribution in [1.29, 1.82) is 0 Å². The maximum Gasteiger partial charge on any atom is 0.185 e. The van der Waals surface area contributed by atoms with Crippen LogP contribution in [0.3, 0.4) is 0 Å². The van der Waals surface area contributed by atoms with E-state index >= 15 is 0 Å². The van der Waals surface area contributed by atoms with E-state index in [2.05, 4.69) is 0 Å². The lowest BCUT2D eigenvalue weighted by atomic mass is 10.1. The van der Waals surface area contributed by atoms with E-state index in [0.29, 0.717) is 12.1 Å². The van der Waals surface area contributed by atoms with E-state index in [-0.39, 0.29) is 16.4 Å². The van der Waals surface area contributed by atoms with E-state index in [4.69, 9.17) is 9.84 Å². The molecule has 0 saturated carbocycles. The van der Waals surface area contributed by atoms with Crippen molar-refractivity contribution in [3.8, 4) is 17.0 Å². The van der Waals surface area contributed by atoms with E-state index < -0.39 is 9.84 Å². The molecule has 0 fully saturated rings. The normalized spacial score (nSPS) is 11.6. The molecule has 172 valence electrons. The first-order valence-corrected chi connectivity index (χ1v) is 12.5. The van der Waals surface area contributed by atoms with Crippen LogP contribution in [0.25, 0.3) is 17.3 Å². The average Bonchev–Trinajstić information content (AvgIpc) is 3.25. The van der Waals surface area contributed by atoms with E-state index in [1.165, 1.54) is 31.4 Å². The Labute approximate surface area is 199 Å². The number of allylic oxidation sites excluding steroid dienone is 1. The van der Waals surface area contributed by atoms with Gasteiger partial charge in [-0.2, -0.15) is 5.10 Å². The zero-order valence-corrected chi connectivity index (χ0v) is 19.7. The molecule has 4 rings (SSSR count). The van der Waals surface area contributed by atoms with Crippen LogP contribution in [0, 0.1) is 0 Å². The molecule has 6 nitrogen and oxygen atoms in total. The van der Waals surface area contributed by atoms with E-state index in [1.807, 2.05) is 71.5 Å². The van der Waals surface area contributed by atoms with Crippen molar-refractivity contribution in [2.24, 2.45) is 0 Å². The van der Waals surface area contributed by atoms with Gasteiger partial charge in [0.05, 0.1) is 19.3 Å². The number of carbonyl (C=O) groups excluding carboxylic acids is 1. The molecule has 0 radical (unpaired) electrons. The molecule has 0 N–H and O–H groups in total. The molecule has 0 atom stereocenters. The lowest BCUT2D eigenvalue weighted by Gasteiger charge is -2.08. The minimum Gasteiger partial charge on any atom is -0.495 e. The van der Waals surface area contributed by atoms with Crippen LogP contribution in [-0.4, -0.2) is 37.3 Å². The number of aromatic nitrogens is 2. The number of ketones is 1. The Morgan fingerprint density at radius 3 is 2.32 bits per heavy atom. The lowest BCUT2D eigenvalue weighted by Crippen LogP contribution is -2.03. The molecule has 4 aromatic rings. The van der Waals surface area contributed by atoms with Gasteiger partial charge in [-0.05, 0) is 35.9 Å². The van der Waals surface area contributed by atoms with Crippen LogP contribution in [0.5, 0.6) is 5.75 Å². The number of benzene rings is 3. The van der Waals surface area contributed by atoms with Crippen LogP contribution in [0.15, 0.2) is 96.0 Å². The molecule has 0 saturated heterocycles. The molecule has 1 heterocycles. The maximum absolute atomic E-state index is 12.9. The van der Waals surface area contributed by atoms with Gasteiger partial charge in [0, 0.05) is 29.1 Å². The van der Waals surface area contributed by atoms with Gasteiger partial charge in [0.2, 0.25) is 0 Å². The van der Waals surface area contributed by atoms with E-state index in [1.54, 1.807) is 6.08 Å². The molecule has 0 aliphatic carbocycles. The Morgan fingerprint density at radius 2 is 1.68 bits per heavy atom. The lowest BCUT2D eigenvalue weighted by molar-refractivity contribution is 0.104. The number of methoxy groups -OCH3 is 1. The fourth-order valence-corrected chi connectivity index (χ4v) is 4.44. The summed E-state index contributed by atoms with van der Waals surface area (Å²) in [5, 5.41) is 4.76. The molecule has 0 aliphatic rings. The largest absolute Gasteiger partial charge is 0.495 e. The Bertz CT molecular complexity index is 1440. The maximum atomic E-state index is 12.9. The molecule has 0 aliphatic heterocycles. The average molecular weight is 473 g/mol. The Balaban J connectivity index is 1.66. The summed E-state index contributed by atoms with van der Waals surface area (Å²) in [5.74, 6) is -0.129. The van der Waals surface area contributed by atoms with Crippen LogP contribution in [0.2, 0.25) is 0 Å². The van der Waals surface area contributed by atoms with Crippen LogP contribution in [0.4, 0.5) is 0 Å². The van der Waals surface area contributed by atoms with Crippen molar-refractivity contribution in [3.63, 3.8) is 0 Å². The highest BCUT2D eigenvalue weighted by molar-refractivity contribution is 7.90. The third-order valence-electron chi connectivity index (χ3n) is 5.29. The quantitative estimate of drug-likeness (QED) is 0.269. The third kappa shape index (κ3) is 5.32. The van der Waals surface area contributed by atoms with Crippen molar-refractivity contribution < 1.29 is 17.9 Å². The summed E-state index contributed by atoms with van der Waals surface area (Å²) in [4.78, 5) is 12.9. The van der Waals surface area contributed by atoms with Crippen molar-refractivity contribution in [2.45, 2.75) is 11.4 Å². The highest BCUT2D eigenvalue weighted by Gasteiger charge is 2.16. The molecule has 0 amide bonds. The summed E-state index contributed by atoms with van der Waals surface area (Å²) in [5.41, 5.74) is 3.97. The van der Waals surface area contributed by atoms with Crippen molar-refractivity contribution in [3.05, 3.63) is 108 Å². The fourth-order valence-electron chi connectivity index (χ4n) is 3.62. The third-order valence-corrected chi connectivity index (χ3v) is 6.42. The number of hydrogen-bond donors (Lipinski definition) is 0. The minimum atomic E-state index is -3.47. The summed E-state index contributed by atoms with van der Waals surface area (Å²) < 4.78 is 30.9. The summed E-state index contributed by atoms with van der Waals surface area (Å²) in [6.07, 6.45) is 6.21. The molecule has 0 bridgehead atoms. The molecule has 1 aromatic heterocycles. The van der Waals surface area contributed by atoms with Gasteiger partial charge in [-0.25, -0.2) is 8.42 Å². The predicted octanol–water partition coefficient (Wildman–Crippen LogP) is 4.91. The Kier molecular flexibility index (Phi) is 6.75. The highest BCUT2D eigenvalue weighted by Crippen LogP contribution is 2.26. The van der Waals surface area contributed by atoms with Crippen LogP contribution >= 0.6 is 0 Å². The Hall–Kier alpha value is -3.97. The zero-order chi connectivity index (χ0) is 24.1. The van der Waals surface area contributed by atoms with Gasteiger partial charge in [0.1, 0.15) is 10.6 Å². The number of carbonyl (C=O) groups is 1. The molecule has 0 unspecified atom stereocenters. The van der Waals surface area contributed by atoms with Gasteiger partial charge in [0.15, 0.2) is 15.6 Å². The van der Waals surface area contributed by atoms with Crippen LogP contribution in [-0.2, 0) is 16.4 Å². The first-order valence-electron chi connectivity index (χ1n) is 10.6. The number of sulfone groups is 1. The first-order chi connectivity index (χ1) is 16.3. The van der Waals surface area contributed by atoms with Gasteiger partial charge < -0.3 is 4.74 Å². The first kappa shape index (κ1) is 23.2.